The van der Waals surface area contributed by atoms with Gasteiger partial charge in [0.25, 0.3) is 5.78 Å². The van der Waals surface area contributed by atoms with Gasteiger partial charge in [-0.2, -0.15) is 14.6 Å². The van der Waals surface area contributed by atoms with Crippen molar-refractivity contribution in [2.24, 2.45) is 0 Å². The number of alkyl halides is 1. The molecule has 4 nitrogen and oxygen atoms in total. The molecule has 2 rings (SSSR count). The van der Waals surface area contributed by atoms with E-state index in [0.29, 0.717) is 17.4 Å². The Bertz CT molecular complexity index is 492. The number of halogens is 2. The third-order valence-corrected chi connectivity index (χ3v) is 2.70. The van der Waals surface area contributed by atoms with Crippen molar-refractivity contribution >= 4 is 29.0 Å². The van der Waals surface area contributed by atoms with Gasteiger partial charge < -0.3 is 0 Å². The molecule has 0 aliphatic heterocycles. The van der Waals surface area contributed by atoms with Gasteiger partial charge in [-0.05, 0) is 20.3 Å². The minimum atomic E-state index is 0.0176. The zero-order valence-electron chi connectivity index (χ0n) is 8.41. The van der Waals surface area contributed by atoms with E-state index in [-0.39, 0.29) is 5.38 Å². The molecule has 6 heteroatoms. The van der Waals surface area contributed by atoms with Gasteiger partial charge in [0.2, 0.25) is 0 Å². The van der Waals surface area contributed by atoms with Gasteiger partial charge in [-0.15, -0.1) is 11.6 Å². The first kappa shape index (κ1) is 10.6. The van der Waals surface area contributed by atoms with Crippen molar-refractivity contribution in [2.45, 2.75) is 25.6 Å². The summed E-state index contributed by atoms with van der Waals surface area (Å²) in [6.45, 7) is 3.82. The van der Waals surface area contributed by atoms with E-state index in [4.69, 9.17) is 23.2 Å². The Morgan fingerprint density at radius 1 is 1.53 bits per heavy atom. The summed E-state index contributed by atoms with van der Waals surface area (Å²) in [7, 11) is 0. The predicted molar refractivity (Wildman–Crippen MR) is 59.5 cm³/mol. The Balaban J connectivity index is 2.61. The van der Waals surface area contributed by atoms with Crippen LogP contribution >= 0.6 is 23.2 Å². The zero-order valence-corrected chi connectivity index (χ0v) is 9.92. The second kappa shape index (κ2) is 3.94. The summed E-state index contributed by atoms with van der Waals surface area (Å²) in [5.74, 6) is 0.517. The van der Waals surface area contributed by atoms with Crippen LogP contribution in [0.4, 0.5) is 0 Å². The van der Waals surface area contributed by atoms with E-state index in [9.17, 15) is 0 Å². The fourth-order valence-electron chi connectivity index (χ4n) is 1.46. The standard InChI is InChI=1S/C9H10Cl2N4/c1-5(10)3-7-6(2)14-9-12-4-13-15(9)8(7)11/h4-5H,3H2,1-2H3. The number of aryl methyl sites for hydroxylation is 1. The topological polar surface area (TPSA) is 43.1 Å². The lowest BCUT2D eigenvalue weighted by atomic mass is 10.1. The number of aromatic nitrogens is 4. The summed E-state index contributed by atoms with van der Waals surface area (Å²) in [5, 5.41) is 4.56. The van der Waals surface area contributed by atoms with Crippen LogP contribution in [0.25, 0.3) is 5.78 Å². The van der Waals surface area contributed by atoms with E-state index < -0.39 is 0 Å². The summed E-state index contributed by atoms with van der Waals surface area (Å²) in [5.41, 5.74) is 1.78. The Morgan fingerprint density at radius 2 is 2.27 bits per heavy atom. The maximum Gasteiger partial charge on any atom is 0.253 e. The van der Waals surface area contributed by atoms with Crippen LogP contribution in [0.15, 0.2) is 6.33 Å². The van der Waals surface area contributed by atoms with Crippen LogP contribution in [0.1, 0.15) is 18.2 Å². The second-order valence-electron chi connectivity index (χ2n) is 3.42. The average Bonchev–Trinajstić information content (AvgIpc) is 2.59. The summed E-state index contributed by atoms with van der Waals surface area (Å²) in [6, 6.07) is 0. The van der Waals surface area contributed by atoms with Crippen LogP contribution in [0.5, 0.6) is 0 Å². The number of rotatable bonds is 2. The van der Waals surface area contributed by atoms with Gasteiger partial charge in [0, 0.05) is 16.6 Å². The van der Waals surface area contributed by atoms with E-state index in [1.165, 1.54) is 10.8 Å². The van der Waals surface area contributed by atoms with Crippen molar-refractivity contribution in [3.8, 4) is 0 Å². The molecular weight excluding hydrogens is 235 g/mol. The molecule has 1 atom stereocenters. The van der Waals surface area contributed by atoms with Gasteiger partial charge in [0.15, 0.2) is 0 Å². The van der Waals surface area contributed by atoms with Gasteiger partial charge >= 0.3 is 0 Å². The number of fused-ring (bicyclic) bond motifs is 1. The van der Waals surface area contributed by atoms with Crippen molar-refractivity contribution in [2.75, 3.05) is 0 Å². The number of hydrogen-bond donors (Lipinski definition) is 0. The summed E-state index contributed by atoms with van der Waals surface area (Å²) in [4.78, 5) is 8.28. The largest absolute Gasteiger partial charge is 0.253 e. The van der Waals surface area contributed by atoms with Gasteiger partial charge in [-0.1, -0.05) is 11.6 Å². The molecular formula is C9H10Cl2N4. The van der Waals surface area contributed by atoms with Crippen LogP contribution in [-0.2, 0) is 6.42 Å². The molecule has 2 heterocycles. The molecule has 15 heavy (non-hydrogen) atoms. The molecule has 0 spiro atoms. The maximum absolute atomic E-state index is 6.19. The molecule has 0 aliphatic carbocycles. The van der Waals surface area contributed by atoms with Crippen LogP contribution in [0, 0.1) is 6.92 Å². The van der Waals surface area contributed by atoms with Gasteiger partial charge in [0.1, 0.15) is 11.5 Å². The smallest absolute Gasteiger partial charge is 0.216 e. The minimum absolute atomic E-state index is 0.0176. The Kier molecular flexibility index (Phi) is 2.80. The highest BCUT2D eigenvalue weighted by Gasteiger charge is 2.13. The van der Waals surface area contributed by atoms with Crippen LogP contribution in [0.2, 0.25) is 5.15 Å². The highest BCUT2D eigenvalue weighted by molar-refractivity contribution is 6.30. The van der Waals surface area contributed by atoms with Crippen molar-refractivity contribution in [3.05, 3.63) is 22.7 Å². The Labute approximate surface area is 97.2 Å². The van der Waals surface area contributed by atoms with E-state index in [2.05, 4.69) is 15.1 Å². The lowest BCUT2D eigenvalue weighted by molar-refractivity contribution is 0.853. The first-order valence-electron chi connectivity index (χ1n) is 4.58. The van der Waals surface area contributed by atoms with E-state index in [1.807, 2.05) is 13.8 Å². The molecule has 0 bridgehead atoms. The lowest BCUT2D eigenvalue weighted by Gasteiger charge is -2.09. The monoisotopic (exact) mass is 244 g/mol. The normalized spacial score (nSPS) is 13.3. The van der Waals surface area contributed by atoms with Crippen molar-refractivity contribution in [3.63, 3.8) is 0 Å². The van der Waals surface area contributed by atoms with Gasteiger partial charge in [0.05, 0.1) is 0 Å². The van der Waals surface area contributed by atoms with E-state index in [0.717, 1.165) is 11.3 Å². The zero-order chi connectivity index (χ0) is 11.0. The maximum atomic E-state index is 6.19. The molecule has 1 unspecified atom stereocenters. The summed E-state index contributed by atoms with van der Waals surface area (Å²) in [6.07, 6.45) is 2.11. The number of nitrogens with zero attached hydrogens (tertiary/aromatic N) is 4. The van der Waals surface area contributed by atoms with Crippen molar-refractivity contribution < 1.29 is 0 Å². The fraction of sp³-hybridized carbons (Fsp3) is 0.444. The van der Waals surface area contributed by atoms with Gasteiger partial charge in [-0.3, -0.25) is 0 Å². The van der Waals surface area contributed by atoms with Crippen LogP contribution in [0.3, 0.4) is 0 Å². The minimum Gasteiger partial charge on any atom is -0.216 e. The lowest BCUT2D eigenvalue weighted by Crippen LogP contribution is -2.07. The van der Waals surface area contributed by atoms with Crippen molar-refractivity contribution in [1.29, 1.82) is 0 Å². The molecule has 0 fully saturated rings. The molecule has 0 amide bonds. The van der Waals surface area contributed by atoms with Crippen molar-refractivity contribution in [1.82, 2.24) is 19.6 Å². The third-order valence-electron chi connectivity index (χ3n) is 2.15. The Morgan fingerprint density at radius 3 is 2.93 bits per heavy atom. The molecule has 0 aliphatic rings. The first-order valence-corrected chi connectivity index (χ1v) is 5.40. The molecule has 0 aromatic carbocycles. The predicted octanol–water partition coefficient (Wildman–Crippen LogP) is 2.26. The molecule has 0 radical (unpaired) electrons. The van der Waals surface area contributed by atoms with E-state index >= 15 is 0 Å². The molecule has 80 valence electrons. The van der Waals surface area contributed by atoms with Crippen LogP contribution in [-0.4, -0.2) is 25.0 Å². The SMILES string of the molecule is Cc1nc2ncnn2c(Cl)c1CC(C)Cl. The van der Waals surface area contributed by atoms with Gasteiger partial charge in [-0.25, -0.2) is 4.98 Å². The molecule has 0 saturated carbocycles. The molecule has 0 N–H and O–H groups in total. The molecule has 2 aromatic heterocycles. The summed E-state index contributed by atoms with van der Waals surface area (Å²) < 4.78 is 1.52. The Hall–Kier alpha value is -0.870. The summed E-state index contributed by atoms with van der Waals surface area (Å²) >= 11 is 12.1. The average molecular weight is 245 g/mol. The highest BCUT2D eigenvalue weighted by atomic mass is 35.5. The third kappa shape index (κ3) is 1.92. The first-order chi connectivity index (χ1) is 7.09. The highest BCUT2D eigenvalue weighted by Crippen LogP contribution is 2.21. The molecule has 0 saturated heterocycles. The number of hydrogen-bond acceptors (Lipinski definition) is 3. The second-order valence-corrected chi connectivity index (χ2v) is 4.53. The quantitative estimate of drug-likeness (QED) is 0.602. The van der Waals surface area contributed by atoms with E-state index in [1.54, 1.807) is 0 Å². The molecule has 2 aromatic rings. The van der Waals surface area contributed by atoms with Crippen LogP contribution < -0.4 is 0 Å². The fourth-order valence-corrected chi connectivity index (χ4v) is 1.95.